The number of aromatic nitrogens is 2. The van der Waals surface area contributed by atoms with Crippen molar-refractivity contribution in [1.82, 2.24) is 9.97 Å². The topological polar surface area (TPSA) is 54.9 Å². The molecule has 1 saturated carbocycles. The number of hydrogen-bond acceptors (Lipinski definition) is 4. The molecular formula is C25H27F5N3OP. The van der Waals surface area contributed by atoms with E-state index in [-0.39, 0.29) is 5.56 Å². The molecule has 1 fully saturated rings. The number of alkyl halides is 5. The Labute approximate surface area is 200 Å². The highest BCUT2D eigenvalue weighted by Crippen LogP contribution is 2.53. The molecule has 1 aromatic heterocycles. The zero-order valence-corrected chi connectivity index (χ0v) is 20.9. The molecule has 4 nitrogen and oxygen atoms in total. The van der Waals surface area contributed by atoms with Crippen LogP contribution in [-0.4, -0.2) is 29.7 Å². The van der Waals surface area contributed by atoms with Gasteiger partial charge in [-0.05, 0) is 81.3 Å². The third-order valence-corrected chi connectivity index (χ3v) is 8.15. The van der Waals surface area contributed by atoms with E-state index in [1.807, 2.05) is 0 Å². The number of fused-ring (bicyclic) bond motifs is 1. The molecule has 1 N–H and O–H groups in total. The minimum absolute atomic E-state index is 0.119. The first kappa shape index (κ1) is 25.5. The number of anilines is 1. The fourth-order valence-corrected chi connectivity index (χ4v) is 6.02. The summed E-state index contributed by atoms with van der Waals surface area (Å²) in [6.45, 7) is 8.05. The average molecular weight is 511 g/mol. The molecular weight excluding hydrogens is 484 g/mol. The Morgan fingerprint density at radius 1 is 1.11 bits per heavy atom. The van der Waals surface area contributed by atoms with Crippen LogP contribution in [0.3, 0.4) is 0 Å². The second-order valence-corrected chi connectivity index (χ2v) is 12.8. The molecule has 0 amide bonds. The van der Waals surface area contributed by atoms with E-state index in [0.29, 0.717) is 45.4 Å². The summed E-state index contributed by atoms with van der Waals surface area (Å²) in [6.07, 6.45) is -6.62. The third-order valence-electron chi connectivity index (χ3n) is 6.60. The van der Waals surface area contributed by atoms with Gasteiger partial charge in [0.05, 0.1) is 17.1 Å². The van der Waals surface area contributed by atoms with Gasteiger partial charge in [-0.25, -0.2) is 18.7 Å². The van der Waals surface area contributed by atoms with Crippen molar-refractivity contribution in [2.45, 2.75) is 51.8 Å². The minimum atomic E-state index is -4.47. The van der Waals surface area contributed by atoms with Crippen LogP contribution in [0.25, 0.3) is 10.9 Å². The van der Waals surface area contributed by atoms with E-state index in [2.05, 4.69) is 15.3 Å². The van der Waals surface area contributed by atoms with Gasteiger partial charge in [0, 0.05) is 16.6 Å². The summed E-state index contributed by atoms with van der Waals surface area (Å²) in [7, 11) is -2.80. The molecule has 3 aromatic rings. The van der Waals surface area contributed by atoms with Gasteiger partial charge < -0.3 is 9.88 Å². The summed E-state index contributed by atoms with van der Waals surface area (Å²) in [4.78, 5) is 8.93. The standard InChI is InChI=1S/C25H27F5N3OP/c1-12-15(7-6-8-20(12)25(28,29)30)13(2)31-24-19-10-17(16-9-18(16)23(26)27)22(35(4,5)34)11-21(19)32-14(3)33-24/h6-8,10-11,13,16,18,23H,9H2,1-5H3,(H,31,32,33)/t13-,16-,18+/m1/s1. The van der Waals surface area contributed by atoms with Gasteiger partial charge in [0.25, 0.3) is 0 Å². The Balaban J connectivity index is 1.81. The van der Waals surface area contributed by atoms with Gasteiger partial charge in [0.15, 0.2) is 0 Å². The van der Waals surface area contributed by atoms with Crippen molar-refractivity contribution < 1.29 is 26.5 Å². The summed E-state index contributed by atoms with van der Waals surface area (Å²) in [6, 6.07) is 6.93. The lowest BCUT2D eigenvalue weighted by Gasteiger charge is -2.22. The first-order valence-electron chi connectivity index (χ1n) is 11.3. The predicted octanol–water partition coefficient (Wildman–Crippen LogP) is 7.06. The molecule has 188 valence electrons. The molecule has 0 bridgehead atoms. The lowest BCUT2D eigenvalue weighted by Crippen LogP contribution is -2.16. The number of nitrogens with zero attached hydrogens (tertiary/aromatic N) is 2. The third kappa shape index (κ3) is 5.06. The molecule has 4 rings (SSSR count). The summed E-state index contributed by atoms with van der Waals surface area (Å²) in [5, 5.41) is 4.29. The van der Waals surface area contributed by atoms with E-state index in [1.54, 1.807) is 45.4 Å². The van der Waals surface area contributed by atoms with Crippen LogP contribution in [0.1, 0.15) is 53.4 Å². The van der Waals surface area contributed by atoms with E-state index in [9.17, 15) is 26.5 Å². The molecule has 0 aliphatic heterocycles. The number of rotatable bonds is 6. The van der Waals surface area contributed by atoms with Crippen LogP contribution in [0.4, 0.5) is 27.8 Å². The maximum Gasteiger partial charge on any atom is 0.416 e. The SMILES string of the molecule is Cc1nc(N[C@H](C)c2cccc(C(F)(F)F)c2C)c2cc([C@H]3C[C@@H]3C(F)F)c(P(C)(C)=O)cc2n1. The first-order chi connectivity index (χ1) is 16.2. The maximum absolute atomic E-state index is 13.4. The number of benzene rings is 2. The summed E-state index contributed by atoms with van der Waals surface area (Å²) in [5.74, 6) is -0.376. The van der Waals surface area contributed by atoms with Gasteiger partial charge in [0.2, 0.25) is 6.43 Å². The van der Waals surface area contributed by atoms with Crippen LogP contribution in [0.5, 0.6) is 0 Å². The van der Waals surface area contributed by atoms with Gasteiger partial charge in [-0.2, -0.15) is 13.2 Å². The summed E-state index contributed by atoms with van der Waals surface area (Å²) in [5.41, 5.74) is 0.994. The summed E-state index contributed by atoms with van der Waals surface area (Å²) >= 11 is 0. The van der Waals surface area contributed by atoms with E-state index in [1.165, 1.54) is 13.0 Å². The van der Waals surface area contributed by atoms with Crippen molar-refractivity contribution in [2.24, 2.45) is 5.92 Å². The molecule has 35 heavy (non-hydrogen) atoms. The average Bonchev–Trinajstić information content (AvgIpc) is 3.52. The maximum atomic E-state index is 13.4. The van der Waals surface area contributed by atoms with Crippen LogP contribution >= 0.6 is 7.14 Å². The lowest BCUT2D eigenvalue weighted by molar-refractivity contribution is -0.138. The Hall–Kier alpha value is -2.54. The van der Waals surface area contributed by atoms with Gasteiger partial charge in [-0.15, -0.1) is 0 Å². The van der Waals surface area contributed by atoms with Crippen molar-refractivity contribution in [3.05, 3.63) is 58.4 Å². The van der Waals surface area contributed by atoms with Crippen molar-refractivity contribution in [1.29, 1.82) is 0 Å². The van der Waals surface area contributed by atoms with E-state index in [0.717, 1.165) is 6.07 Å². The fraction of sp³-hybridized carbons (Fsp3) is 0.440. The van der Waals surface area contributed by atoms with Gasteiger partial charge in [0.1, 0.15) is 18.8 Å². The van der Waals surface area contributed by atoms with Crippen molar-refractivity contribution in [3.63, 3.8) is 0 Å². The highest BCUT2D eigenvalue weighted by Gasteiger charge is 2.47. The molecule has 1 aliphatic carbocycles. The zero-order chi connectivity index (χ0) is 25.9. The molecule has 1 heterocycles. The quantitative estimate of drug-likeness (QED) is 0.285. The lowest BCUT2D eigenvalue weighted by atomic mass is 9.97. The van der Waals surface area contributed by atoms with E-state index < -0.39 is 43.2 Å². The van der Waals surface area contributed by atoms with Gasteiger partial charge in [-0.3, -0.25) is 0 Å². The second kappa shape index (κ2) is 8.84. The highest BCUT2D eigenvalue weighted by atomic mass is 31.2. The predicted molar refractivity (Wildman–Crippen MR) is 128 cm³/mol. The Bertz CT molecular complexity index is 1330. The second-order valence-electron chi connectivity index (χ2n) is 9.62. The van der Waals surface area contributed by atoms with Gasteiger partial charge >= 0.3 is 6.18 Å². The molecule has 0 radical (unpaired) electrons. The Morgan fingerprint density at radius 2 is 1.80 bits per heavy atom. The largest absolute Gasteiger partial charge is 0.416 e. The number of aryl methyl sites for hydroxylation is 1. The summed E-state index contributed by atoms with van der Waals surface area (Å²) < 4.78 is 80.0. The number of nitrogens with one attached hydrogen (secondary N) is 1. The molecule has 3 atom stereocenters. The van der Waals surface area contributed by atoms with Crippen LogP contribution < -0.4 is 10.6 Å². The monoisotopic (exact) mass is 511 g/mol. The van der Waals surface area contributed by atoms with Crippen molar-refractivity contribution in [2.75, 3.05) is 18.6 Å². The highest BCUT2D eigenvalue weighted by molar-refractivity contribution is 7.70. The first-order valence-corrected chi connectivity index (χ1v) is 13.9. The molecule has 2 aromatic carbocycles. The van der Waals surface area contributed by atoms with Crippen molar-refractivity contribution >= 4 is 29.2 Å². The smallest absolute Gasteiger partial charge is 0.363 e. The van der Waals surface area contributed by atoms with Crippen LogP contribution in [0.15, 0.2) is 30.3 Å². The molecule has 0 spiro atoms. The Morgan fingerprint density at radius 3 is 2.37 bits per heavy atom. The zero-order valence-electron chi connectivity index (χ0n) is 20.0. The van der Waals surface area contributed by atoms with E-state index in [4.69, 9.17) is 0 Å². The Kier molecular flexibility index (Phi) is 6.45. The molecule has 0 saturated heterocycles. The minimum Gasteiger partial charge on any atom is -0.363 e. The normalized spacial score (nSPS) is 19.3. The van der Waals surface area contributed by atoms with Crippen LogP contribution in [0, 0.1) is 19.8 Å². The van der Waals surface area contributed by atoms with Crippen molar-refractivity contribution in [3.8, 4) is 0 Å². The molecule has 10 heteroatoms. The number of halogens is 5. The number of hydrogen-bond donors (Lipinski definition) is 1. The van der Waals surface area contributed by atoms with Gasteiger partial charge in [-0.1, -0.05) is 12.1 Å². The fourth-order valence-electron chi connectivity index (χ4n) is 4.73. The van der Waals surface area contributed by atoms with Crippen LogP contribution in [-0.2, 0) is 10.7 Å². The van der Waals surface area contributed by atoms with E-state index >= 15 is 0 Å². The molecule has 1 aliphatic rings. The van der Waals surface area contributed by atoms with Crippen LogP contribution in [0.2, 0.25) is 0 Å². The molecule has 0 unspecified atom stereocenters.